The molecule has 1 aliphatic carbocycles. The monoisotopic (exact) mass is 261 g/mol. The molecule has 0 heterocycles. The fourth-order valence-corrected chi connectivity index (χ4v) is 2.90. The SMILES string of the molecule is CN(CCc1ccccc1)C1CCC(C(=O)O)CC1. The van der Waals surface area contributed by atoms with Crippen LogP contribution in [0.1, 0.15) is 31.2 Å². The molecule has 0 amide bonds. The predicted octanol–water partition coefficient (Wildman–Crippen LogP) is 2.80. The highest BCUT2D eigenvalue weighted by atomic mass is 16.4. The van der Waals surface area contributed by atoms with Crippen molar-refractivity contribution < 1.29 is 9.90 Å². The Morgan fingerprint density at radius 3 is 2.42 bits per heavy atom. The first kappa shape index (κ1) is 14.1. The summed E-state index contributed by atoms with van der Waals surface area (Å²) in [5, 5.41) is 9.00. The fourth-order valence-electron chi connectivity index (χ4n) is 2.90. The Labute approximate surface area is 115 Å². The van der Waals surface area contributed by atoms with Gasteiger partial charge in [-0.25, -0.2) is 0 Å². The van der Waals surface area contributed by atoms with Gasteiger partial charge in [0.05, 0.1) is 5.92 Å². The van der Waals surface area contributed by atoms with E-state index in [0.717, 1.165) is 38.6 Å². The molecule has 1 saturated carbocycles. The molecule has 1 aromatic rings. The van der Waals surface area contributed by atoms with Crippen molar-refractivity contribution in [2.75, 3.05) is 13.6 Å². The van der Waals surface area contributed by atoms with Gasteiger partial charge in [-0.2, -0.15) is 0 Å². The molecule has 19 heavy (non-hydrogen) atoms. The van der Waals surface area contributed by atoms with Gasteiger partial charge in [-0.3, -0.25) is 4.79 Å². The van der Waals surface area contributed by atoms with Crippen molar-refractivity contribution in [2.24, 2.45) is 5.92 Å². The molecule has 104 valence electrons. The second-order valence-electron chi connectivity index (χ2n) is 5.56. The van der Waals surface area contributed by atoms with Gasteiger partial charge in [0.15, 0.2) is 0 Å². The average molecular weight is 261 g/mol. The fraction of sp³-hybridized carbons (Fsp3) is 0.562. The highest BCUT2D eigenvalue weighted by Gasteiger charge is 2.27. The molecule has 0 saturated heterocycles. The number of carboxylic acid groups (broad SMARTS) is 1. The van der Waals surface area contributed by atoms with Crippen LogP contribution in [0.3, 0.4) is 0 Å². The third-order valence-electron chi connectivity index (χ3n) is 4.27. The summed E-state index contributed by atoms with van der Waals surface area (Å²) in [6.45, 7) is 1.05. The van der Waals surface area contributed by atoms with E-state index in [1.807, 2.05) is 6.07 Å². The third kappa shape index (κ3) is 4.06. The van der Waals surface area contributed by atoms with Crippen molar-refractivity contribution in [1.82, 2.24) is 4.90 Å². The highest BCUT2D eigenvalue weighted by Crippen LogP contribution is 2.27. The summed E-state index contributed by atoms with van der Waals surface area (Å²) in [7, 11) is 2.16. The number of carbonyl (C=O) groups is 1. The molecule has 1 aliphatic rings. The van der Waals surface area contributed by atoms with Crippen molar-refractivity contribution in [3.8, 4) is 0 Å². The molecule has 0 atom stereocenters. The molecule has 3 nitrogen and oxygen atoms in total. The number of aliphatic carboxylic acids is 1. The van der Waals surface area contributed by atoms with Gasteiger partial charge in [-0.15, -0.1) is 0 Å². The smallest absolute Gasteiger partial charge is 0.306 e. The van der Waals surface area contributed by atoms with Gasteiger partial charge in [0.1, 0.15) is 0 Å². The lowest BCUT2D eigenvalue weighted by atomic mass is 9.85. The molecular weight excluding hydrogens is 238 g/mol. The predicted molar refractivity (Wildman–Crippen MR) is 76.2 cm³/mol. The summed E-state index contributed by atoms with van der Waals surface area (Å²) in [6, 6.07) is 11.1. The van der Waals surface area contributed by atoms with Gasteiger partial charge in [-0.05, 0) is 44.7 Å². The lowest BCUT2D eigenvalue weighted by molar-refractivity contribution is -0.143. The molecule has 3 heteroatoms. The van der Waals surface area contributed by atoms with E-state index in [0.29, 0.717) is 6.04 Å². The van der Waals surface area contributed by atoms with Gasteiger partial charge in [0.25, 0.3) is 0 Å². The molecule has 0 aromatic heterocycles. The maximum atomic E-state index is 10.9. The van der Waals surface area contributed by atoms with Crippen molar-refractivity contribution in [3.05, 3.63) is 35.9 Å². The quantitative estimate of drug-likeness (QED) is 0.886. The summed E-state index contributed by atoms with van der Waals surface area (Å²) in [6.07, 6.45) is 4.76. The Balaban J connectivity index is 1.75. The number of carboxylic acids is 1. The Morgan fingerprint density at radius 1 is 1.21 bits per heavy atom. The van der Waals surface area contributed by atoms with Crippen LogP contribution >= 0.6 is 0 Å². The maximum absolute atomic E-state index is 10.9. The van der Waals surface area contributed by atoms with Crippen LogP contribution in [0.5, 0.6) is 0 Å². The van der Waals surface area contributed by atoms with E-state index < -0.39 is 5.97 Å². The molecule has 0 spiro atoms. The zero-order chi connectivity index (χ0) is 13.7. The lowest BCUT2D eigenvalue weighted by Gasteiger charge is -2.33. The van der Waals surface area contributed by atoms with Crippen molar-refractivity contribution in [3.63, 3.8) is 0 Å². The van der Waals surface area contributed by atoms with Crippen molar-refractivity contribution in [2.45, 2.75) is 38.1 Å². The van der Waals surface area contributed by atoms with E-state index in [1.165, 1.54) is 5.56 Å². The molecule has 1 N–H and O–H groups in total. The van der Waals surface area contributed by atoms with Gasteiger partial charge in [-0.1, -0.05) is 30.3 Å². The lowest BCUT2D eigenvalue weighted by Crippen LogP contribution is -2.37. The van der Waals surface area contributed by atoms with Crippen LogP contribution < -0.4 is 0 Å². The summed E-state index contributed by atoms with van der Waals surface area (Å²) in [4.78, 5) is 13.3. The Hall–Kier alpha value is -1.35. The van der Waals surface area contributed by atoms with E-state index in [2.05, 4.69) is 36.2 Å². The average Bonchev–Trinajstić information content (AvgIpc) is 2.46. The summed E-state index contributed by atoms with van der Waals surface area (Å²) in [5.41, 5.74) is 1.37. The number of hydrogen-bond acceptors (Lipinski definition) is 2. The van der Waals surface area contributed by atoms with Gasteiger partial charge < -0.3 is 10.0 Å². The molecule has 2 rings (SSSR count). The normalized spacial score (nSPS) is 23.5. The zero-order valence-electron chi connectivity index (χ0n) is 11.6. The van der Waals surface area contributed by atoms with Gasteiger partial charge >= 0.3 is 5.97 Å². The second kappa shape index (κ2) is 6.71. The molecule has 0 aliphatic heterocycles. The minimum Gasteiger partial charge on any atom is -0.481 e. The Kier molecular flexibility index (Phi) is 4.97. The van der Waals surface area contributed by atoms with Crippen LogP contribution in [0.2, 0.25) is 0 Å². The van der Waals surface area contributed by atoms with Crippen LogP contribution in [-0.2, 0) is 11.2 Å². The molecular formula is C16H23NO2. The number of nitrogens with zero attached hydrogens (tertiary/aromatic N) is 1. The van der Waals surface area contributed by atoms with Crippen LogP contribution in [0.4, 0.5) is 0 Å². The van der Waals surface area contributed by atoms with Crippen LogP contribution in [0.25, 0.3) is 0 Å². The summed E-state index contributed by atoms with van der Waals surface area (Å²) < 4.78 is 0. The standard InChI is InChI=1S/C16H23NO2/c1-17(12-11-13-5-3-2-4-6-13)15-9-7-14(8-10-15)16(18)19/h2-6,14-15H,7-12H2,1H3,(H,18,19). The number of benzene rings is 1. The molecule has 0 unspecified atom stereocenters. The first-order valence-corrected chi connectivity index (χ1v) is 7.14. The van der Waals surface area contributed by atoms with Crippen LogP contribution in [-0.4, -0.2) is 35.6 Å². The zero-order valence-corrected chi connectivity index (χ0v) is 11.6. The van der Waals surface area contributed by atoms with Gasteiger partial charge in [0, 0.05) is 12.6 Å². The Bertz CT molecular complexity index is 396. The topological polar surface area (TPSA) is 40.5 Å². The summed E-state index contributed by atoms with van der Waals surface area (Å²) >= 11 is 0. The first-order valence-electron chi connectivity index (χ1n) is 7.14. The Morgan fingerprint density at radius 2 is 1.84 bits per heavy atom. The molecule has 0 radical (unpaired) electrons. The van der Waals surface area contributed by atoms with Crippen molar-refractivity contribution >= 4 is 5.97 Å². The van der Waals surface area contributed by atoms with Crippen LogP contribution in [0, 0.1) is 5.92 Å². The van der Waals surface area contributed by atoms with E-state index in [9.17, 15) is 4.79 Å². The van der Waals surface area contributed by atoms with E-state index in [4.69, 9.17) is 5.11 Å². The van der Waals surface area contributed by atoms with Crippen LogP contribution in [0.15, 0.2) is 30.3 Å². The highest BCUT2D eigenvalue weighted by molar-refractivity contribution is 5.70. The second-order valence-corrected chi connectivity index (χ2v) is 5.56. The first-order chi connectivity index (χ1) is 9.16. The number of likely N-dealkylation sites (N-methyl/N-ethyl adjacent to an activating group) is 1. The minimum atomic E-state index is -0.620. The summed E-state index contributed by atoms with van der Waals surface area (Å²) in [5.74, 6) is -0.732. The number of hydrogen-bond donors (Lipinski definition) is 1. The molecule has 1 aromatic carbocycles. The van der Waals surface area contributed by atoms with Crippen molar-refractivity contribution in [1.29, 1.82) is 0 Å². The third-order valence-corrected chi connectivity index (χ3v) is 4.27. The van der Waals surface area contributed by atoms with E-state index in [1.54, 1.807) is 0 Å². The molecule has 0 bridgehead atoms. The molecule has 1 fully saturated rings. The minimum absolute atomic E-state index is 0.112. The maximum Gasteiger partial charge on any atom is 0.306 e. The van der Waals surface area contributed by atoms with E-state index >= 15 is 0 Å². The largest absolute Gasteiger partial charge is 0.481 e. The number of rotatable bonds is 5. The van der Waals surface area contributed by atoms with E-state index in [-0.39, 0.29) is 5.92 Å². The van der Waals surface area contributed by atoms with Gasteiger partial charge in [0.2, 0.25) is 0 Å².